The molecule has 0 unspecified atom stereocenters. The Labute approximate surface area is 88.9 Å². The van der Waals surface area contributed by atoms with E-state index in [2.05, 4.69) is 4.98 Å². The summed E-state index contributed by atoms with van der Waals surface area (Å²) in [6.07, 6.45) is 0. The zero-order valence-corrected chi connectivity index (χ0v) is 9.41. The molecule has 82 valence electrons. The highest BCUT2D eigenvalue weighted by atomic mass is 19.1. The predicted molar refractivity (Wildman–Crippen MR) is 57.1 cm³/mol. The molecule has 1 amide bonds. The number of hydrogen-bond acceptors (Lipinski definition) is 2. The maximum Gasteiger partial charge on any atom is 0.233 e. The van der Waals surface area contributed by atoms with Gasteiger partial charge in [0.15, 0.2) is 0 Å². The number of nitrogens with zero attached hydrogens (tertiary/aromatic N) is 2. The Morgan fingerprint density at radius 1 is 1.40 bits per heavy atom. The lowest BCUT2D eigenvalue weighted by molar-refractivity contribution is -0.125. The van der Waals surface area contributed by atoms with Crippen molar-refractivity contribution < 1.29 is 9.18 Å². The number of halogens is 1. The molecule has 0 radical (unpaired) electrons. The van der Waals surface area contributed by atoms with E-state index in [0.717, 1.165) is 0 Å². The molecule has 1 aromatic heterocycles. The number of rotatable bonds is 1. The topological polar surface area (TPSA) is 33.2 Å². The summed E-state index contributed by atoms with van der Waals surface area (Å²) < 4.78 is 12.8. The third kappa shape index (κ3) is 2.75. The van der Waals surface area contributed by atoms with Gasteiger partial charge in [-0.15, -0.1) is 0 Å². The molecule has 4 heteroatoms. The van der Waals surface area contributed by atoms with Gasteiger partial charge >= 0.3 is 0 Å². The van der Waals surface area contributed by atoms with E-state index in [9.17, 15) is 9.18 Å². The molecule has 1 aromatic rings. The monoisotopic (exact) mass is 210 g/mol. The molecule has 1 rings (SSSR count). The Morgan fingerprint density at radius 3 is 2.47 bits per heavy atom. The summed E-state index contributed by atoms with van der Waals surface area (Å²) in [5.74, 6) is -0.350. The van der Waals surface area contributed by atoms with Gasteiger partial charge in [0.1, 0.15) is 5.82 Å². The first kappa shape index (κ1) is 11.6. The predicted octanol–water partition coefficient (Wildman–Crippen LogP) is 2.23. The first-order chi connectivity index (χ1) is 6.82. The smallest absolute Gasteiger partial charge is 0.233 e. The zero-order chi connectivity index (χ0) is 11.6. The molecule has 0 aliphatic heterocycles. The van der Waals surface area contributed by atoms with E-state index >= 15 is 0 Å². The summed E-state index contributed by atoms with van der Waals surface area (Å²) in [5, 5.41) is 0. The van der Waals surface area contributed by atoms with Gasteiger partial charge in [-0.2, -0.15) is 4.39 Å². The van der Waals surface area contributed by atoms with Crippen LogP contribution in [-0.4, -0.2) is 17.9 Å². The Kier molecular flexibility index (Phi) is 3.07. The lowest BCUT2D eigenvalue weighted by Gasteiger charge is -2.25. The molecule has 0 saturated carbocycles. The summed E-state index contributed by atoms with van der Waals surface area (Å²) in [7, 11) is 1.59. The van der Waals surface area contributed by atoms with Gasteiger partial charge in [-0.1, -0.05) is 26.8 Å². The fourth-order valence-electron chi connectivity index (χ4n) is 1.19. The molecule has 0 aliphatic carbocycles. The van der Waals surface area contributed by atoms with Crippen LogP contribution in [0.25, 0.3) is 0 Å². The second-order valence-corrected chi connectivity index (χ2v) is 4.43. The van der Waals surface area contributed by atoms with Crippen LogP contribution in [0.15, 0.2) is 18.2 Å². The van der Waals surface area contributed by atoms with E-state index in [4.69, 9.17) is 0 Å². The SMILES string of the molecule is CN(C(=O)C(C)(C)C)c1cccc(F)n1. The first-order valence-corrected chi connectivity index (χ1v) is 4.73. The van der Waals surface area contributed by atoms with Crippen LogP contribution in [0.4, 0.5) is 10.2 Å². The number of amides is 1. The van der Waals surface area contributed by atoms with Crippen LogP contribution in [0.3, 0.4) is 0 Å². The number of pyridine rings is 1. The van der Waals surface area contributed by atoms with Crippen molar-refractivity contribution in [2.75, 3.05) is 11.9 Å². The molecule has 0 fully saturated rings. The number of carbonyl (C=O) groups is 1. The maximum absolute atomic E-state index is 12.8. The van der Waals surface area contributed by atoms with Crippen molar-refractivity contribution in [1.29, 1.82) is 0 Å². The highest BCUT2D eigenvalue weighted by Crippen LogP contribution is 2.20. The molecule has 15 heavy (non-hydrogen) atoms. The molecular weight excluding hydrogens is 195 g/mol. The van der Waals surface area contributed by atoms with Gasteiger partial charge in [0.05, 0.1) is 0 Å². The molecule has 1 heterocycles. The second-order valence-electron chi connectivity index (χ2n) is 4.43. The molecule has 0 atom stereocenters. The van der Waals surface area contributed by atoms with Crippen molar-refractivity contribution in [1.82, 2.24) is 4.98 Å². The van der Waals surface area contributed by atoms with Crippen LogP contribution in [0.1, 0.15) is 20.8 Å². The molecule has 0 spiro atoms. The lowest BCUT2D eigenvalue weighted by atomic mass is 9.95. The Bertz CT molecular complexity index is 371. The molecule has 0 saturated heterocycles. The van der Waals surface area contributed by atoms with Crippen LogP contribution >= 0.6 is 0 Å². The van der Waals surface area contributed by atoms with E-state index in [1.54, 1.807) is 13.1 Å². The van der Waals surface area contributed by atoms with E-state index in [-0.39, 0.29) is 5.91 Å². The minimum atomic E-state index is -0.582. The van der Waals surface area contributed by atoms with Gasteiger partial charge in [0, 0.05) is 12.5 Å². The molecule has 0 aromatic carbocycles. The van der Waals surface area contributed by atoms with Crippen molar-refractivity contribution in [2.45, 2.75) is 20.8 Å². The summed E-state index contributed by atoms with van der Waals surface area (Å²) >= 11 is 0. The Morgan fingerprint density at radius 2 is 2.00 bits per heavy atom. The van der Waals surface area contributed by atoms with Gasteiger partial charge in [-0.05, 0) is 12.1 Å². The summed E-state index contributed by atoms with van der Waals surface area (Å²) in [5.41, 5.74) is -0.497. The molecule has 3 nitrogen and oxygen atoms in total. The highest BCUT2D eigenvalue weighted by Gasteiger charge is 2.26. The van der Waals surface area contributed by atoms with Crippen LogP contribution < -0.4 is 4.90 Å². The van der Waals surface area contributed by atoms with E-state index in [0.29, 0.717) is 5.82 Å². The third-order valence-electron chi connectivity index (χ3n) is 1.99. The van der Waals surface area contributed by atoms with Gasteiger partial charge < -0.3 is 0 Å². The second kappa shape index (κ2) is 3.96. The lowest BCUT2D eigenvalue weighted by Crippen LogP contribution is -2.37. The average molecular weight is 210 g/mol. The molecular formula is C11H15FN2O. The van der Waals surface area contributed by atoms with Gasteiger partial charge in [-0.3, -0.25) is 9.69 Å². The average Bonchev–Trinajstić information content (AvgIpc) is 2.14. The number of hydrogen-bond donors (Lipinski definition) is 0. The molecule has 0 bridgehead atoms. The summed E-state index contributed by atoms with van der Waals surface area (Å²) in [6, 6.07) is 4.38. The van der Waals surface area contributed by atoms with Crippen molar-refractivity contribution in [2.24, 2.45) is 5.41 Å². The van der Waals surface area contributed by atoms with Gasteiger partial charge in [-0.25, -0.2) is 4.98 Å². The number of anilines is 1. The van der Waals surface area contributed by atoms with Crippen molar-refractivity contribution >= 4 is 11.7 Å². The largest absolute Gasteiger partial charge is 0.299 e. The van der Waals surface area contributed by atoms with Crippen molar-refractivity contribution in [3.8, 4) is 0 Å². The fourth-order valence-corrected chi connectivity index (χ4v) is 1.19. The van der Waals surface area contributed by atoms with E-state index in [1.807, 2.05) is 20.8 Å². The van der Waals surface area contributed by atoms with Crippen molar-refractivity contribution in [3.63, 3.8) is 0 Å². The van der Waals surface area contributed by atoms with Crippen LogP contribution in [-0.2, 0) is 4.79 Å². The Balaban J connectivity index is 2.95. The van der Waals surface area contributed by atoms with Gasteiger partial charge in [0.25, 0.3) is 0 Å². The van der Waals surface area contributed by atoms with Crippen LogP contribution in [0, 0.1) is 11.4 Å². The Hall–Kier alpha value is -1.45. The van der Waals surface area contributed by atoms with E-state index < -0.39 is 11.4 Å². The maximum atomic E-state index is 12.8. The first-order valence-electron chi connectivity index (χ1n) is 4.73. The third-order valence-corrected chi connectivity index (χ3v) is 1.99. The van der Waals surface area contributed by atoms with Crippen LogP contribution in [0.5, 0.6) is 0 Å². The quantitative estimate of drug-likeness (QED) is 0.666. The standard InChI is InChI=1S/C11H15FN2O/c1-11(2,3)10(15)14(4)9-7-5-6-8(12)13-9/h5-7H,1-4H3. The van der Waals surface area contributed by atoms with Crippen LogP contribution in [0.2, 0.25) is 0 Å². The van der Waals surface area contributed by atoms with Gasteiger partial charge in [0.2, 0.25) is 11.9 Å². The normalized spacial score (nSPS) is 11.3. The number of aromatic nitrogens is 1. The summed E-state index contributed by atoms with van der Waals surface area (Å²) in [6.45, 7) is 5.43. The summed E-state index contributed by atoms with van der Waals surface area (Å²) in [4.78, 5) is 16.9. The zero-order valence-electron chi connectivity index (χ0n) is 9.41. The molecule has 0 aliphatic rings. The fraction of sp³-hybridized carbons (Fsp3) is 0.455. The highest BCUT2D eigenvalue weighted by molar-refractivity contribution is 5.95. The number of carbonyl (C=O) groups excluding carboxylic acids is 1. The van der Waals surface area contributed by atoms with E-state index in [1.165, 1.54) is 17.0 Å². The molecule has 0 N–H and O–H groups in total. The minimum Gasteiger partial charge on any atom is -0.299 e. The van der Waals surface area contributed by atoms with Crippen molar-refractivity contribution in [3.05, 3.63) is 24.1 Å². The minimum absolute atomic E-state index is 0.0967.